The first-order chi connectivity index (χ1) is 9.34. The van der Waals surface area contributed by atoms with Crippen molar-refractivity contribution in [2.45, 2.75) is 25.7 Å². The summed E-state index contributed by atoms with van der Waals surface area (Å²) in [4.78, 5) is 0. The van der Waals surface area contributed by atoms with Crippen molar-refractivity contribution in [2.75, 3.05) is 13.1 Å². The molecule has 1 aliphatic heterocycles. The maximum Gasteiger partial charge on any atom is 0.0645 e. The number of aromatic nitrogens is 2. The molecule has 2 heterocycles. The van der Waals surface area contributed by atoms with Gasteiger partial charge in [-0.2, -0.15) is 5.10 Å². The Morgan fingerprint density at radius 2 is 1.95 bits per heavy atom. The van der Waals surface area contributed by atoms with E-state index in [1.54, 1.807) is 0 Å². The van der Waals surface area contributed by atoms with Gasteiger partial charge in [-0.05, 0) is 55.5 Å². The molecule has 3 rings (SSSR count). The Bertz CT molecular complexity index is 512. The van der Waals surface area contributed by atoms with Crippen molar-refractivity contribution in [3.8, 4) is 5.69 Å². The van der Waals surface area contributed by atoms with Gasteiger partial charge in [0, 0.05) is 6.20 Å². The maximum atomic E-state index is 4.50. The number of piperidine rings is 1. The second kappa shape index (κ2) is 5.57. The van der Waals surface area contributed by atoms with E-state index in [1.807, 2.05) is 29.1 Å². The van der Waals surface area contributed by atoms with Crippen molar-refractivity contribution in [1.29, 1.82) is 0 Å². The number of hydrogen-bond acceptors (Lipinski definition) is 2. The molecule has 100 valence electrons. The second-order valence-electron chi connectivity index (χ2n) is 5.43. The molecule has 1 aliphatic rings. The Hall–Kier alpha value is -1.61. The highest BCUT2D eigenvalue weighted by molar-refractivity contribution is 5.31. The minimum atomic E-state index is 0.597. The fourth-order valence-electron chi connectivity index (χ4n) is 2.91. The summed E-state index contributed by atoms with van der Waals surface area (Å²) < 4.78 is 1.98. The smallest absolute Gasteiger partial charge is 0.0645 e. The van der Waals surface area contributed by atoms with Crippen LogP contribution >= 0.6 is 0 Å². The zero-order chi connectivity index (χ0) is 13.1. The summed E-state index contributed by atoms with van der Waals surface area (Å²) in [6.45, 7) is 4.64. The lowest BCUT2D eigenvalue weighted by Crippen LogP contribution is -2.30. The van der Waals surface area contributed by atoms with E-state index in [2.05, 4.69) is 35.7 Å². The van der Waals surface area contributed by atoms with Crippen molar-refractivity contribution < 1.29 is 0 Å². The molecule has 1 fully saturated rings. The average molecular weight is 255 g/mol. The fraction of sp³-hybridized carbons (Fsp3) is 0.438. The third kappa shape index (κ3) is 2.71. The molecule has 0 spiro atoms. The molecular formula is C16H21N3. The highest BCUT2D eigenvalue weighted by atomic mass is 15.3. The third-order valence-electron chi connectivity index (χ3n) is 4.24. The van der Waals surface area contributed by atoms with Gasteiger partial charge in [0.05, 0.1) is 11.9 Å². The summed E-state index contributed by atoms with van der Waals surface area (Å²) in [6.07, 6.45) is 6.76. The summed E-state index contributed by atoms with van der Waals surface area (Å²) in [7, 11) is 0. The SMILES string of the molecule is CC(c1cnn(-c2ccccc2)c1)C1CCNCC1. The number of benzene rings is 1. The highest BCUT2D eigenvalue weighted by Gasteiger charge is 2.22. The molecule has 1 atom stereocenters. The maximum absolute atomic E-state index is 4.50. The summed E-state index contributed by atoms with van der Waals surface area (Å²) in [5, 5.41) is 7.93. The quantitative estimate of drug-likeness (QED) is 0.913. The van der Waals surface area contributed by atoms with E-state index in [4.69, 9.17) is 0 Å². The number of para-hydroxylation sites is 1. The summed E-state index contributed by atoms with van der Waals surface area (Å²) in [5.74, 6) is 1.38. The van der Waals surface area contributed by atoms with Gasteiger partial charge >= 0.3 is 0 Å². The molecule has 19 heavy (non-hydrogen) atoms. The largest absolute Gasteiger partial charge is 0.317 e. The molecule has 1 saturated heterocycles. The van der Waals surface area contributed by atoms with Gasteiger partial charge in [-0.1, -0.05) is 25.1 Å². The van der Waals surface area contributed by atoms with Crippen molar-refractivity contribution in [3.05, 3.63) is 48.3 Å². The molecule has 1 N–H and O–H groups in total. The molecule has 1 aromatic heterocycles. The molecule has 2 aromatic rings. The van der Waals surface area contributed by atoms with E-state index in [0.717, 1.165) is 24.7 Å². The zero-order valence-electron chi connectivity index (χ0n) is 11.4. The Morgan fingerprint density at radius 1 is 1.21 bits per heavy atom. The van der Waals surface area contributed by atoms with Crippen LogP contribution in [0.3, 0.4) is 0 Å². The Morgan fingerprint density at radius 3 is 2.68 bits per heavy atom. The van der Waals surface area contributed by atoms with E-state index in [1.165, 1.54) is 18.4 Å². The minimum absolute atomic E-state index is 0.597. The van der Waals surface area contributed by atoms with E-state index in [9.17, 15) is 0 Å². The minimum Gasteiger partial charge on any atom is -0.317 e. The predicted octanol–water partition coefficient (Wildman–Crippen LogP) is 2.98. The molecule has 1 aromatic carbocycles. The van der Waals surface area contributed by atoms with Crippen molar-refractivity contribution >= 4 is 0 Å². The lowest BCUT2D eigenvalue weighted by atomic mass is 9.83. The van der Waals surface area contributed by atoms with Gasteiger partial charge in [0.25, 0.3) is 0 Å². The lowest BCUT2D eigenvalue weighted by Gasteiger charge is -2.27. The first-order valence-electron chi connectivity index (χ1n) is 7.15. The first kappa shape index (κ1) is 12.4. The van der Waals surface area contributed by atoms with Gasteiger partial charge in [0.15, 0.2) is 0 Å². The standard InChI is InChI=1S/C16H21N3/c1-13(14-7-9-17-10-8-14)15-11-18-19(12-15)16-5-3-2-4-6-16/h2-6,11-14,17H,7-10H2,1H3. The zero-order valence-corrected chi connectivity index (χ0v) is 11.4. The molecule has 0 bridgehead atoms. The van der Waals surface area contributed by atoms with Gasteiger partial charge in [-0.3, -0.25) is 0 Å². The van der Waals surface area contributed by atoms with Gasteiger partial charge < -0.3 is 5.32 Å². The molecular weight excluding hydrogens is 234 g/mol. The van der Waals surface area contributed by atoms with Crippen LogP contribution in [0.5, 0.6) is 0 Å². The number of hydrogen-bond donors (Lipinski definition) is 1. The van der Waals surface area contributed by atoms with Crippen LogP contribution in [-0.4, -0.2) is 22.9 Å². The average Bonchev–Trinajstić information content (AvgIpc) is 2.98. The molecule has 0 saturated carbocycles. The van der Waals surface area contributed by atoms with E-state index >= 15 is 0 Å². The van der Waals surface area contributed by atoms with Crippen molar-refractivity contribution in [2.24, 2.45) is 5.92 Å². The van der Waals surface area contributed by atoms with Crippen molar-refractivity contribution in [1.82, 2.24) is 15.1 Å². The van der Waals surface area contributed by atoms with Crippen LogP contribution in [0.2, 0.25) is 0 Å². The number of nitrogens with zero attached hydrogens (tertiary/aromatic N) is 2. The summed E-state index contributed by atoms with van der Waals surface area (Å²) in [6, 6.07) is 10.3. The Balaban J connectivity index is 1.77. The highest BCUT2D eigenvalue weighted by Crippen LogP contribution is 2.30. The lowest BCUT2D eigenvalue weighted by molar-refractivity contribution is 0.330. The topological polar surface area (TPSA) is 29.9 Å². The van der Waals surface area contributed by atoms with Crippen LogP contribution in [0.25, 0.3) is 5.69 Å². The normalized spacial score (nSPS) is 18.4. The third-order valence-corrected chi connectivity index (χ3v) is 4.24. The van der Waals surface area contributed by atoms with Crippen LogP contribution in [0.1, 0.15) is 31.2 Å². The second-order valence-corrected chi connectivity index (χ2v) is 5.43. The monoisotopic (exact) mass is 255 g/mol. The van der Waals surface area contributed by atoms with Crippen LogP contribution in [0, 0.1) is 5.92 Å². The fourth-order valence-corrected chi connectivity index (χ4v) is 2.91. The van der Waals surface area contributed by atoms with Crippen LogP contribution in [0.4, 0.5) is 0 Å². The Labute approximate surface area is 114 Å². The van der Waals surface area contributed by atoms with Crippen LogP contribution in [-0.2, 0) is 0 Å². The molecule has 1 unspecified atom stereocenters. The number of rotatable bonds is 3. The van der Waals surface area contributed by atoms with Crippen molar-refractivity contribution in [3.63, 3.8) is 0 Å². The van der Waals surface area contributed by atoms with Crippen LogP contribution < -0.4 is 5.32 Å². The summed E-state index contributed by atoms with van der Waals surface area (Å²) >= 11 is 0. The molecule has 0 radical (unpaired) electrons. The van der Waals surface area contributed by atoms with Gasteiger partial charge in [0.1, 0.15) is 0 Å². The molecule has 3 heteroatoms. The Kier molecular flexibility index (Phi) is 3.65. The van der Waals surface area contributed by atoms with Gasteiger partial charge in [-0.15, -0.1) is 0 Å². The first-order valence-corrected chi connectivity index (χ1v) is 7.15. The molecule has 0 aliphatic carbocycles. The van der Waals surface area contributed by atoms with Gasteiger partial charge in [-0.25, -0.2) is 4.68 Å². The summed E-state index contributed by atoms with van der Waals surface area (Å²) in [5.41, 5.74) is 2.49. The predicted molar refractivity (Wildman–Crippen MR) is 77.6 cm³/mol. The van der Waals surface area contributed by atoms with E-state index < -0.39 is 0 Å². The van der Waals surface area contributed by atoms with Gasteiger partial charge in [0.2, 0.25) is 0 Å². The molecule has 0 amide bonds. The van der Waals surface area contributed by atoms with Crippen LogP contribution in [0.15, 0.2) is 42.7 Å². The van der Waals surface area contributed by atoms with E-state index in [-0.39, 0.29) is 0 Å². The molecule has 3 nitrogen and oxygen atoms in total. The number of nitrogens with one attached hydrogen (secondary N) is 1. The van der Waals surface area contributed by atoms with E-state index in [0.29, 0.717) is 5.92 Å².